The zero-order valence-corrected chi connectivity index (χ0v) is 11.1. The van der Waals surface area contributed by atoms with Gasteiger partial charge in [0.2, 0.25) is 11.8 Å². The van der Waals surface area contributed by atoms with Crippen LogP contribution in [0.1, 0.15) is 11.1 Å². The fraction of sp³-hybridized carbons (Fsp3) is 0.385. The number of rotatable bonds is 4. The average molecular weight is 288 g/mol. The number of nitrogens with one attached hydrogen (secondary N) is 1. The van der Waals surface area contributed by atoms with Crippen LogP contribution >= 0.6 is 0 Å². The molecule has 1 aromatic rings. The van der Waals surface area contributed by atoms with E-state index in [0.29, 0.717) is 0 Å². The first-order valence-corrected chi connectivity index (χ1v) is 5.83. The highest BCUT2D eigenvalue weighted by Crippen LogP contribution is 2.29. The van der Waals surface area contributed by atoms with Crippen molar-refractivity contribution in [2.24, 2.45) is 0 Å². The lowest BCUT2D eigenvalue weighted by molar-refractivity contribution is -0.137. The summed E-state index contributed by atoms with van der Waals surface area (Å²) in [7, 11) is 3.09. The van der Waals surface area contributed by atoms with Gasteiger partial charge < -0.3 is 10.2 Å². The summed E-state index contributed by atoms with van der Waals surface area (Å²) in [4.78, 5) is 24.1. The summed E-state index contributed by atoms with van der Waals surface area (Å²) in [6.07, 6.45) is -4.64. The van der Waals surface area contributed by atoms with Gasteiger partial charge in [0.25, 0.3) is 0 Å². The van der Waals surface area contributed by atoms with Crippen LogP contribution < -0.4 is 5.32 Å². The van der Waals surface area contributed by atoms with Gasteiger partial charge in [0.15, 0.2) is 0 Å². The molecule has 0 atom stereocenters. The molecule has 0 heterocycles. The second-order valence-electron chi connectivity index (χ2n) is 4.44. The number of amides is 2. The second kappa shape index (κ2) is 6.40. The molecule has 2 amide bonds. The molecule has 0 aliphatic rings. The Kier molecular flexibility index (Phi) is 5.12. The molecule has 7 heteroatoms. The Bertz CT molecular complexity index is 499. The molecule has 0 radical (unpaired) electrons. The van der Waals surface area contributed by atoms with Gasteiger partial charge in [0, 0.05) is 14.1 Å². The second-order valence-corrected chi connectivity index (χ2v) is 4.44. The number of benzene rings is 1. The summed E-state index contributed by atoms with van der Waals surface area (Å²) in [6.45, 7) is -0.176. The van der Waals surface area contributed by atoms with Crippen LogP contribution in [0.2, 0.25) is 0 Å². The summed E-state index contributed by atoms with van der Waals surface area (Å²) in [5, 5.41) is 2.36. The largest absolute Gasteiger partial charge is 0.416 e. The highest BCUT2D eigenvalue weighted by molar-refractivity contribution is 5.85. The number of likely N-dealkylation sites (N-methyl/N-ethyl adjacent to an activating group) is 1. The van der Waals surface area contributed by atoms with Gasteiger partial charge in [-0.05, 0) is 11.6 Å². The maximum atomic E-state index is 12.5. The van der Waals surface area contributed by atoms with Crippen molar-refractivity contribution in [2.75, 3.05) is 20.6 Å². The molecule has 0 spiro atoms. The van der Waals surface area contributed by atoms with E-state index in [-0.39, 0.29) is 24.4 Å². The van der Waals surface area contributed by atoms with Gasteiger partial charge in [-0.2, -0.15) is 13.2 Å². The number of hydrogen-bond donors (Lipinski definition) is 1. The predicted molar refractivity (Wildman–Crippen MR) is 66.9 cm³/mol. The molecule has 0 aliphatic carbocycles. The highest BCUT2D eigenvalue weighted by Gasteiger charge is 2.30. The van der Waals surface area contributed by atoms with Crippen LogP contribution in [-0.2, 0) is 22.2 Å². The molecule has 1 aromatic carbocycles. The zero-order valence-electron chi connectivity index (χ0n) is 11.1. The minimum absolute atomic E-state index is 0.176. The Morgan fingerprint density at radius 1 is 1.25 bits per heavy atom. The van der Waals surface area contributed by atoms with Crippen molar-refractivity contribution in [2.45, 2.75) is 12.6 Å². The fourth-order valence-corrected chi connectivity index (χ4v) is 1.44. The molecular formula is C13H15F3N2O2. The van der Waals surface area contributed by atoms with E-state index in [4.69, 9.17) is 0 Å². The third kappa shape index (κ3) is 4.91. The average Bonchev–Trinajstić information content (AvgIpc) is 2.35. The SMILES string of the molecule is CN(C)C(=O)CNC(=O)Cc1cccc(C(F)(F)F)c1. The summed E-state index contributed by atoms with van der Waals surface area (Å²) in [6, 6.07) is 4.54. The Labute approximate surface area is 114 Å². The Morgan fingerprint density at radius 3 is 2.45 bits per heavy atom. The predicted octanol–water partition coefficient (Wildman–Crippen LogP) is 1.45. The fourth-order valence-electron chi connectivity index (χ4n) is 1.44. The first-order chi connectivity index (χ1) is 9.20. The van der Waals surface area contributed by atoms with Crippen LogP contribution in [0, 0.1) is 0 Å². The van der Waals surface area contributed by atoms with Crippen molar-refractivity contribution < 1.29 is 22.8 Å². The lowest BCUT2D eigenvalue weighted by Crippen LogP contribution is -2.36. The van der Waals surface area contributed by atoms with E-state index in [2.05, 4.69) is 5.32 Å². The zero-order chi connectivity index (χ0) is 15.3. The maximum Gasteiger partial charge on any atom is 0.416 e. The number of carbonyl (C=O) groups excluding carboxylic acids is 2. The topological polar surface area (TPSA) is 49.4 Å². The van der Waals surface area contributed by atoms with Crippen molar-refractivity contribution in [1.29, 1.82) is 0 Å². The van der Waals surface area contributed by atoms with Crippen molar-refractivity contribution in [1.82, 2.24) is 10.2 Å². The highest BCUT2D eigenvalue weighted by atomic mass is 19.4. The van der Waals surface area contributed by atoms with E-state index in [1.54, 1.807) is 14.1 Å². The Balaban J connectivity index is 2.61. The monoisotopic (exact) mass is 288 g/mol. The van der Waals surface area contributed by atoms with Gasteiger partial charge in [-0.25, -0.2) is 0 Å². The molecule has 1 N–H and O–H groups in total. The molecule has 0 unspecified atom stereocenters. The number of nitrogens with zero attached hydrogens (tertiary/aromatic N) is 1. The smallest absolute Gasteiger partial charge is 0.347 e. The third-order valence-electron chi connectivity index (χ3n) is 2.55. The van der Waals surface area contributed by atoms with Crippen LogP contribution in [0.5, 0.6) is 0 Å². The van der Waals surface area contributed by atoms with Crippen LogP contribution in [0.25, 0.3) is 0 Å². The van der Waals surface area contributed by atoms with E-state index in [1.807, 2.05) is 0 Å². The van der Waals surface area contributed by atoms with Gasteiger partial charge in [-0.3, -0.25) is 9.59 Å². The molecule has 0 saturated heterocycles. The summed E-state index contributed by atoms with van der Waals surface area (Å²) in [5.41, 5.74) is -0.554. The normalized spacial score (nSPS) is 11.1. The molecule has 1 rings (SSSR count). The standard InChI is InChI=1S/C13H15F3N2O2/c1-18(2)12(20)8-17-11(19)7-9-4-3-5-10(6-9)13(14,15)16/h3-6H,7-8H2,1-2H3,(H,17,19). The van der Waals surface area contributed by atoms with Crippen molar-refractivity contribution >= 4 is 11.8 Å². The summed E-state index contributed by atoms with van der Waals surface area (Å²) < 4.78 is 37.5. The molecule has 110 valence electrons. The molecule has 4 nitrogen and oxygen atoms in total. The summed E-state index contributed by atoms with van der Waals surface area (Å²) in [5.74, 6) is -0.790. The van der Waals surface area contributed by atoms with Gasteiger partial charge in [0.1, 0.15) is 0 Å². The quantitative estimate of drug-likeness (QED) is 0.911. The van der Waals surface area contributed by atoms with E-state index < -0.39 is 17.6 Å². The van der Waals surface area contributed by atoms with Gasteiger partial charge in [-0.1, -0.05) is 18.2 Å². The number of halogens is 3. The van der Waals surface area contributed by atoms with Gasteiger partial charge >= 0.3 is 6.18 Å². The van der Waals surface area contributed by atoms with Crippen molar-refractivity contribution in [3.8, 4) is 0 Å². The molecule has 0 fully saturated rings. The number of alkyl halides is 3. The van der Waals surface area contributed by atoms with E-state index in [1.165, 1.54) is 17.0 Å². The maximum absolute atomic E-state index is 12.5. The first-order valence-electron chi connectivity index (χ1n) is 5.83. The molecule has 0 aromatic heterocycles. The lowest BCUT2D eigenvalue weighted by atomic mass is 10.1. The van der Waals surface area contributed by atoms with Crippen LogP contribution in [-0.4, -0.2) is 37.4 Å². The first kappa shape index (κ1) is 16.0. The summed E-state index contributed by atoms with van der Waals surface area (Å²) >= 11 is 0. The number of hydrogen-bond acceptors (Lipinski definition) is 2. The minimum atomic E-state index is -4.44. The van der Waals surface area contributed by atoms with Crippen molar-refractivity contribution in [3.63, 3.8) is 0 Å². The third-order valence-corrected chi connectivity index (χ3v) is 2.55. The lowest BCUT2D eigenvalue weighted by Gasteiger charge is -2.11. The molecule has 0 saturated carbocycles. The van der Waals surface area contributed by atoms with E-state index in [0.717, 1.165) is 12.1 Å². The van der Waals surface area contributed by atoms with Crippen LogP contribution in [0.4, 0.5) is 13.2 Å². The number of carbonyl (C=O) groups is 2. The van der Waals surface area contributed by atoms with Gasteiger partial charge in [0.05, 0.1) is 18.5 Å². The molecule has 20 heavy (non-hydrogen) atoms. The molecular weight excluding hydrogens is 273 g/mol. The molecule has 0 aliphatic heterocycles. The Hall–Kier alpha value is -2.05. The van der Waals surface area contributed by atoms with Crippen LogP contribution in [0.3, 0.4) is 0 Å². The molecule has 0 bridgehead atoms. The van der Waals surface area contributed by atoms with Gasteiger partial charge in [-0.15, -0.1) is 0 Å². The van der Waals surface area contributed by atoms with E-state index in [9.17, 15) is 22.8 Å². The van der Waals surface area contributed by atoms with Crippen molar-refractivity contribution in [3.05, 3.63) is 35.4 Å². The van der Waals surface area contributed by atoms with E-state index >= 15 is 0 Å². The minimum Gasteiger partial charge on any atom is -0.347 e. The Morgan fingerprint density at radius 2 is 1.90 bits per heavy atom. The van der Waals surface area contributed by atoms with Crippen LogP contribution in [0.15, 0.2) is 24.3 Å².